The molecule has 70 valence electrons. The van der Waals surface area contributed by atoms with E-state index in [0.717, 1.165) is 32.0 Å². The summed E-state index contributed by atoms with van der Waals surface area (Å²) in [6, 6.07) is 0. The van der Waals surface area contributed by atoms with E-state index >= 15 is 0 Å². The minimum absolute atomic E-state index is 0.272. The summed E-state index contributed by atoms with van der Waals surface area (Å²) >= 11 is 3.46. The van der Waals surface area contributed by atoms with Crippen molar-refractivity contribution < 1.29 is 9.53 Å². The molecular weight excluding hydrogens is 220 g/mol. The molecule has 0 N–H and O–H groups in total. The molecule has 1 heterocycles. The SMILES string of the molecule is CCCC1CC(Br)(C=O)CCO1. The molecule has 3 heteroatoms. The van der Waals surface area contributed by atoms with E-state index in [1.54, 1.807) is 0 Å². The molecule has 1 fully saturated rings. The number of alkyl halides is 1. The summed E-state index contributed by atoms with van der Waals surface area (Å²) in [7, 11) is 0. The summed E-state index contributed by atoms with van der Waals surface area (Å²) in [5, 5.41) is 0. The second-order valence-electron chi connectivity index (χ2n) is 3.39. The zero-order chi connectivity index (χ0) is 9.03. The first-order valence-electron chi connectivity index (χ1n) is 4.47. The van der Waals surface area contributed by atoms with Crippen LogP contribution in [0, 0.1) is 0 Å². The van der Waals surface area contributed by atoms with Gasteiger partial charge in [-0.2, -0.15) is 0 Å². The van der Waals surface area contributed by atoms with Gasteiger partial charge in [0.15, 0.2) is 0 Å². The van der Waals surface area contributed by atoms with Crippen LogP contribution in [0.5, 0.6) is 0 Å². The van der Waals surface area contributed by atoms with Crippen LogP contribution in [0.1, 0.15) is 32.6 Å². The normalized spacial score (nSPS) is 36.3. The molecule has 0 amide bonds. The van der Waals surface area contributed by atoms with Crippen molar-refractivity contribution in [2.24, 2.45) is 0 Å². The van der Waals surface area contributed by atoms with Crippen LogP contribution in [0.3, 0.4) is 0 Å². The van der Waals surface area contributed by atoms with E-state index in [1.807, 2.05) is 0 Å². The molecule has 0 radical (unpaired) electrons. The van der Waals surface area contributed by atoms with E-state index in [-0.39, 0.29) is 10.4 Å². The Morgan fingerprint density at radius 1 is 1.75 bits per heavy atom. The minimum Gasteiger partial charge on any atom is -0.378 e. The number of rotatable bonds is 3. The standard InChI is InChI=1S/C9H15BrO2/c1-2-3-8-6-9(10,7-11)4-5-12-8/h7-8H,2-6H2,1H3. The fourth-order valence-electron chi connectivity index (χ4n) is 1.55. The second-order valence-corrected chi connectivity index (χ2v) is 4.97. The van der Waals surface area contributed by atoms with E-state index in [2.05, 4.69) is 22.9 Å². The quantitative estimate of drug-likeness (QED) is 0.554. The highest BCUT2D eigenvalue weighted by molar-refractivity contribution is 9.10. The lowest BCUT2D eigenvalue weighted by molar-refractivity contribution is -0.113. The molecule has 0 aromatic carbocycles. The predicted octanol–water partition coefficient (Wildman–Crippen LogP) is 2.30. The van der Waals surface area contributed by atoms with Crippen LogP contribution in [-0.2, 0) is 9.53 Å². The summed E-state index contributed by atoms with van der Waals surface area (Å²) in [6.07, 6.45) is 5.08. The van der Waals surface area contributed by atoms with Gasteiger partial charge < -0.3 is 9.53 Å². The number of halogens is 1. The second kappa shape index (κ2) is 4.38. The van der Waals surface area contributed by atoms with Gasteiger partial charge in [-0.15, -0.1) is 0 Å². The average molecular weight is 235 g/mol. The van der Waals surface area contributed by atoms with Gasteiger partial charge in [0.1, 0.15) is 6.29 Å². The first kappa shape index (κ1) is 10.2. The smallest absolute Gasteiger partial charge is 0.136 e. The highest BCUT2D eigenvalue weighted by Crippen LogP contribution is 2.32. The molecule has 1 aliphatic rings. The first-order valence-corrected chi connectivity index (χ1v) is 5.26. The molecule has 0 saturated carbocycles. The minimum atomic E-state index is -0.301. The average Bonchev–Trinajstić information content (AvgIpc) is 2.05. The highest BCUT2D eigenvalue weighted by Gasteiger charge is 2.33. The number of carbonyl (C=O) groups excluding carboxylic acids is 1. The van der Waals surface area contributed by atoms with E-state index < -0.39 is 0 Å². The molecule has 0 aromatic rings. The number of carbonyl (C=O) groups is 1. The fraction of sp³-hybridized carbons (Fsp3) is 0.889. The lowest BCUT2D eigenvalue weighted by atomic mass is 9.95. The van der Waals surface area contributed by atoms with Crippen molar-refractivity contribution in [3.8, 4) is 0 Å². The Bertz CT molecular complexity index is 159. The van der Waals surface area contributed by atoms with Crippen LogP contribution < -0.4 is 0 Å². The van der Waals surface area contributed by atoms with Crippen molar-refractivity contribution in [2.75, 3.05) is 6.61 Å². The van der Waals surface area contributed by atoms with Crippen LogP contribution in [0.2, 0.25) is 0 Å². The summed E-state index contributed by atoms with van der Waals surface area (Å²) in [5.74, 6) is 0. The van der Waals surface area contributed by atoms with Gasteiger partial charge in [-0.3, -0.25) is 0 Å². The van der Waals surface area contributed by atoms with Crippen molar-refractivity contribution in [3.63, 3.8) is 0 Å². The largest absolute Gasteiger partial charge is 0.378 e. The summed E-state index contributed by atoms with van der Waals surface area (Å²) in [6.45, 7) is 2.84. The topological polar surface area (TPSA) is 26.3 Å². The number of hydrogen-bond acceptors (Lipinski definition) is 2. The summed E-state index contributed by atoms with van der Waals surface area (Å²) in [5.41, 5.74) is 0. The van der Waals surface area contributed by atoms with Gasteiger partial charge in [-0.1, -0.05) is 29.3 Å². The summed E-state index contributed by atoms with van der Waals surface area (Å²) < 4.78 is 5.23. The van der Waals surface area contributed by atoms with Crippen LogP contribution in [0.25, 0.3) is 0 Å². The van der Waals surface area contributed by atoms with Gasteiger partial charge in [-0.25, -0.2) is 0 Å². The Morgan fingerprint density at radius 2 is 2.50 bits per heavy atom. The summed E-state index contributed by atoms with van der Waals surface area (Å²) in [4.78, 5) is 10.7. The maximum Gasteiger partial charge on any atom is 0.136 e. The van der Waals surface area contributed by atoms with Crippen LogP contribution in [0.4, 0.5) is 0 Å². The third kappa shape index (κ3) is 2.56. The molecule has 0 aliphatic carbocycles. The van der Waals surface area contributed by atoms with Crippen molar-refractivity contribution in [1.82, 2.24) is 0 Å². The van der Waals surface area contributed by atoms with E-state index in [4.69, 9.17) is 4.74 Å². The Hall–Kier alpha value is 0.110. The molecule has 1 aliphatic heterocycles. The third-order valence-corrected chi connectivity index (χ3v) is 3.17. The molecule has 0 aromatic heterocycles. The van der Waals surface area contributed by atoms with Crippen molar-refractivity contribution >= 4 is 22.2 Å². The zero-order valence-electron chi connectivity index (χ0n) is 7.38. The number of ether oxygens (including phenoxy) is 1. The van der Waals surface area contributed by atoms with Crippen LogP contribution in [0.15, 0.2) is 0 Å². The molecule has 2 atom stereocenters. The van der Waals surface area contributed by atoms with Gasteiger partial charge in [0.05, 0.1) is 10.4 Å². The zero-order valence-corrected chi connectivity index (χ0v) is 8.97. The van der Waals surface area contributed by atoms with Crippen LogP contribution in [-0.4, -0.2) is 23.3 Å². The lowest BCUT2D eigenvalue weighted by Crippen LogP contribution is -2.37. The maximum absolute atomic E-state index is 10.7. The molecule has 0 spiro atoms. The number of hydrogen-bond donors (Lipinski definition) is 0. The first-order chi connectivity index (χ1) is 5.70. The monoisotopic (exact) mass is 234 g/mol. The van der Waals surface area contributed by atoms with Gasteiger partial charge in [0.25, 0.3) is 0 Å². The Morgan fingerprint density at radius 3 is 3.08 bits per heavy atom. The molecule has 2 nitrogen and oxygen atoms in total. The van der Waals surface area contributed by atoms with E-state index in [1.165, 1.54) is 0 Å². The molecule has 12 heavy (non-hydrogen) atoms. The van der Waals surface area contributed by atoms with E-state index in [9.17, 15) is 4.79 Å². The Balaban J connectivity index is 2.45. The molecule has 1 rings (SSSR count). The maximum atomic E-state index is 10.7. The van der Waals surface area contributed by atoms with Gasteiger partial charge in [0, 0.05) is 6.61 Å². The molecular formula is C9H15BrO2. The molecule has 2 unspecified atom stereocenters. The Labute approximate surface area is 81.8 Å². The number of aldehydes is 1. The molecule has 1 saturated heterocycles. The van der Waals surface area contributed by atoms with Gasteiger partial charge in [0.2, 0.25) is 0 Å². The van der Waals surface area contributed by atoms with Crippen molar-refractivity contribution in [1.29, 1.82) is 0 Å². The van der Waals surface area contributed by atoms with Crippen LogP contribution >= 0.6 is 15.9 Å². The molecule has 0 bridgehead atoms. The Kier molecular flexibility index (Phi) is 3.72. The van der Waals surface area contributed by atoms with E-state index in [0.29, 0.717) is 6.61 Å². The third-order valence-electron chi connectivity index (χ3n) is 2.26. The van der Waals surface area contributed by atoms with Gasteiger partial charge in [-0.05, 0) is 19.3 Å². The van der Waals surface area contributed by atoms with Crippen molar-refractivity contribution in [3.05, 3.63) is 0 Å². The predicted molar refractivity (Wildman–Crippen MR) is 51.6 cm³/mol. The lowest BCUT2D eigenvalue weighted by Gasteiger charge is -2.32. The highest BCUT2D eigenvalue weighted by atomic mass is 79.9. The fourth-order valence-corrected chi connectivity index (χ4v) is 2.07. The van der Waals surface area contributed by atoms with Crippen molar-refractivity contribution in [2.45, 2.75) is 43.0 Å². The van der Waals surface area contributed by atoms with Gasteiger partial charge >= 0.3 is 0 Å².